The van der Waals surface area contributed by atoms with Gasteiger partial charge in [-0.15, -0.1) is 0 Å². The molecule has 20 heavy (non-hydrogen) atoms. The minimum absolute atomic E-state index is 0.170. The zero-order valence-electron chi connectivity index (χ0n) is 11.7. The Morgan fingerprint density at radius 2 is 2.20 bits per heavy atom. The van der Waals surface area contributed by atoms with E-state index in [2.05, 4.69) is 0 Å². The minimum Gasteiger partial charge on any atom is -0.496 e. The van der Waals surface area contributed by atoms with Crippen molar-refractivity contribution in [2.45, 2.75) is 19.3 Å². The lowest BCUT2D eigenvalue weighted by Gasteiger charge is -2.12. The van der Waals surface area contributed by atoms with Crippen LogP contribution in [0.4, 0.5) is 0 Å². The van der Waals surface area contributed by atoms with Gasteiger partial charge < -0.3 is 14.2 Å². The van der Waals surface area contributed by atoms with E-state index in [0.29, 0.717) is 12.4 Å². The molecule has 0 N–H and O–H groups in total. The van der Waals surface area contributed by atoms with Crippen LogP contribution in [0.15, 0.2) is 18.2 Å². The van der Waals surface area contributed by atoms with Crippen LogP contribution in [-0.4, -0.2) is 38.7 Å². The maximum atomic E-state index is 12.1. The number of benzene rings is 1. The quantitative estimate of drug-likeness (QED) is 0.468. The number of ether oxygens (including phenoxy) is 3. The van der Waals surface area contributed by atoms with Crippen molar-refractivity contribution < 1.29 is 23.8 Å². The van der Waals surface area contributed by atoms with E-state index in [9.17, 15) is 9.59 Å². The van der Waals surface area contributed by atoms with Gasteiger partial charge in [-0.1, -0.05) is 6.07 Å². The van der Waals surface area contributed by atoms with E-state index >= 15 is 0 Å². The number of esters is 1. The van der Waals surface area contributed by atoms with Gasteiger partial charge >= 0.3 is 5.97 Å². The summed E-state index contributed by atoms with van der Waals surface area (Å²) in [7, 11) is 1.47. The highest BCUT2D eigenvalue weighted by atomic mass is 16.5. The summed E-state index contributed by atoms with van der Waals surface area (Å²) < 4.78 is 15.3. The molecule has 0 aliphatic carbocycles. The number of Topliss-reactive ketones (excluding diaryl/α,β-unsaturated/α-hetero) is 1. The Hall–Kier alpha value is -1.88. The standard InChI is InChI=1S/C15H18O5/c1-3-20-15(17)14(16)12-8-10(4-5-13(12)18-2)11-6-7-19-9-11/h4-5,8,11H,3,6-7,9H2,1-2H3. The first kappa shape index (κ1) is 14.5. The molecule has 1 aliphatic heterocycles. The monoisotopic (exact) mass is 278 g/mol. The van der Waals surface area contributed by atoms with Crippen LogP contribution in [0.25, 0.3) is 0 Å². The van der Waals surface area contributed by atoms with Gasteiger partial charge in [-0.3, -0.25) is 4.79 Å². The van der Waals surface area contributed by atoms with Crippen molar-refractivity contribution >= 4 is 11.8 Å². The summed E-state index contributed by atoms with van der Waals surface area (Å²) in [4.78, 5) is 23.7. The van der Waals surface area contributed by atoms with Crippen LogP contribution in [0, 0.1) is 0 Å². The van der Waals surface area contributed by atoms with E-state index in [4.69, 9.17) is 14.2 Å². The summed E-state index contributed by atoms with van der Waals surface area (Å²) in [5.41, 5.74) is 1.23. The number of carbonyl (C=O) groups is 2. The van der Waals surface area contributed by atoms with Crippen LogP contribution in [0.3, 0.4) is 0 Å². The smallest absolute Gasteiger partial charge is 0.379 e. The molecule has 0 radical (unpaired) electrons. The Balaban J connectivity index is 2.31. The highest BCUT2D eigenvalue weighted by molar-refractivity contribution is 6.41. The van der Waals surface area contributed by atoms with E-state index in [1.165, 1.54) is 7.11 Å². The number of hydrogen-bond donors (Lipinski definition) is 0. The molecule has 0 saturated carbocycles. The van der Waals surface area contributed by atoms with E-state index in [1.807, 2.05) is 6.07 Å². The normalized spacial score (nSPS) is 17.8. The Morgan fingerprint density at radius 1 is 1.40 bits per heavy atom. The topological polar surface area (TPSA) is 61.8 Å². The molecule has 0 aromatic heterocycles. The molecule has 1 atom stereocenters. The van der Waals surface area contributed by atoms with Crippen molar-refractivity contribution in [2.24, 2.45) is 0 Å². The molecule has 0 spiro atoms. The number of hydrogen-bond acceptors (Lipinski definition) is 5. The van der Waals surface area contributed by atoms with Crippen molar-refractivity contribution in [3.63, 3.8) is 0 Å². The lowest BCUT2D eigenvalue weighted by atomic mass is 9.95. The third-order valence-corrected chi connectivity index (χ3v) is 3.33. The fraction of sp³-hybridized carbons (Fsp3) is 0.467. The highest BCUT2D eigenvalue weighted by Crippen LogP contribution is 2.29. The first-order valence-electron chi connectivity index (χ1n) is 6.64. The van der Waals surface area contributed by atoms with Gasteiger partial charge in [-0.2, -0.15) is 0 Å². The minimum atomic E-state index is -0.856. The van der Waals surface area contributed by atoms with Crippen molar-refractivity contribution in [1.82, 2.24) is 0 Å². The molecule has 1 fully saturated rings. The van der Waals surface area contributed by atoms with Crippen molar-refractivity contribution in [3.8, 4) is 5.75 Å². The summed E-state index contributed by atoms with van der Waals surface area (Å²) in [6.45, 7) is 3.19. The van der Waals surface area contributed by atoms with Crippen LogP contribution in [0.5, 0.6) is 5.75 Å². The first-order chi connectivity index (χ1) is 9.67. The van der Waals surface area contributed by atoms with Gasteiger partial charge in [0.25, 0.3) is 5.78 Å². The molecule has 5 heteroatoms. The molecule has 1 aromatic rings. The van der Waals surface area contributed by atoms with Crippen molar-refractivity contribution in [1.29, 1.82) is 0 Å². The molecular weight excluding hydrogens is 260 g/mol. The highest BCUT2D eigenvalue weighted by Gasteiger charge is 2.25. The summed E-state index contributed by atoms with van der Waals surface area (Å²) >= 11 is 0. The number of carbonyl (C=O) groups excluding carboxylic acids is 2. The molecular formula is C15H18O5. The average Bonchev–Trinajstić information content (AvgIpc) is 3.00. The SMILES string of the molecule is CCOC(=O)C(=O)c1cc(C2CCOC2)ccc1OC. The van der Waals surface area contributed by atoms with Crippen LogP contribution < -0.4 is 4.74 Å². The molecule has 2 rings (SSSR count). The van der Waals surface area contributed by atoms with E-state index in [0.717, 1.165) is 18.6 Å². The molecule has 1 saturated heterocycles. The van der Waals surface area contributed by atoms with Crippen LogP contribution in [0.1, 0.15) is 35.2 Å². The third-order valence-electron chi connectivity index (χ3n) is 3.33. The molecule has 0 amide bonds. The van der Waals surface area contributed by atoms with E-state index in [1.54, 1.807) is 19.1 Å². The zero-order valence-corrected chi connectivity index (χ0v) is 11.7. The van der Waals surface area contributed by atoms with E-state index < -0.39 is 11.8 Å². The van der Waals surface area contributed by atoms with Gasteiger partial charge in [0.05, 0.1) is 25.9 Å². The average molecular weight is 278 g/mol. The molecule has 1 aromatic carbocycles. The van der Waals surface area contributed by atoms with Crippen LogP contribution in [0.2, 0.25) is 0 Å². The summed E-state index contributed by atoms with van der Waals surface area (Å²) in [6.07, 6.45) is 0.916. The fourth-order valence-corrected chi connectivity index (χ4v) is 2.26. The Labute approximate surface area is 117 Å². The number of methoxy groups -OCH3 is 1. The van der Waals surface area contributed by atoms with Gasteiger partial charge in [0, 0.05) is 12.5 Å². The van der Waals surface area contributed by atoms with Gasteiger partial charge in [0.2, 0.25) is 0 Å². The predicted molar refractivity (Wildman–Crippen MR) is 72.1 cm³/mol. The fourth-order valence-electron chi connectivity index (χ4n) is 2.26. The lowest BCUT2D eigenvalue weighted by molar-refractivity contribution is -0.137. The number of ketones is 1. The molecule has 108 valence electrons. The Bertz CT molecular complexity index is 503. The second-order valence-electron chi connectivity index (χ2n) is 4.57. The predicted octanol–water partition coefficient (Wildman–Crippen LogP) is 1.94. The molecule has 1 unspecified atom stereocenters. The number of rotatable bonds is 5. The van der Waals surface area contributed by atoms with Crippen LogP contribution >= 0.6 is 0 Å². The third kappa shape index (κ3) is 2.99. The molecule has 0 bridgehead atoms. The van der Waals surface area contributed by atoms with Gasteiger partial charge in [-0.25, -0.2) is 4.79 Å². The lowest BCUT2D eigenvalue weighted by Crippen LogP contribution is -2.18. The maximum absolute atomic E-state index is 12.1. The zero-order chi connectivity index (χ0) is 14.5. The maximum Gasteiger partial charge on any atom is 0.379 e. The Kier molecular flexibility index (Phi) is 4.74. The molecule has 1 aliphatic rings. The van der Waals surface area contributed by atoms with Crippen molar-refractivity contribution in [2.75, 3.05) is 26.9 Å². The van der Waals surface area contributed by atoms with Crippen molar-refractivity contribution in [3.05, 3.63) is 29.3 Å². The largest absolute Gasteiger partial charge is 0.496 e. The summed E-state index contributed by atoms with van der Waals surface area (Å²) in [5, 5.41) is 0. The second-order valence-corrected chi connectivity index (χ2v) is 4.57. The van der Waals surface area contributed by atoms with Crippen LogP contribution in [-0.2, 0) is 14.3 Å². The van der Waals surface area contributed by atoms with Gasteiger partial charge in [0.1, 0.15) is 5.75 Å². The summed E-state index contributed by atoms with van der Waals surface area (Å²) in [6, 6.07) is 5.32. The van der Waals surface area contributed by atoms with Gasteiger partial charge in [-0.05, 0) is 31.0 Å². The molecule has 1 heterocycles. The Morgan fingerprint density at radius 3 is 2.80 bits per heavy atom. The van der Waals surface area contributed by atoms with Gasteiger partial charge in [0.15, 0.2) is 0 Å². The molecule has 5 nitrogen and oxygen atoms in total. The second kappa shape index (κ2) is 6.52. The first-order valence-corrected chi connectivity index (χ1v) is 6.64. The van der Waals surface area contributed by atoms with E-state index in [-0.39, 0.29) is 18.1 Å². The summed E-state index contributed by atoms with van der Waals surface area (Å²) in [5.74, 6) is -0.893.